The van der Waals surface area contributed by atoms with Gasteiger partial charge in [-0.15, -0.1) is 11.6 Å². The third-order valence-electron chi connectivity index (χ3n) is 3.20. The summed E-state index contributed by atoms with van der Waals surface area (Å²) in [5.74, 6) is 1.19. The number of halogens is 1. The van der Waals surface area contributed by atoms with Crippen LogP contribution in [0.5, 0.6) is 5.75 Å². The molecule has 100 valence electrons. The van der Waals surface area contributed by atoms with Crippen molar-refractivity contribution in [3.05, 3.63) is 24.0 Å². The number of alkyl halides is 1. The Bertz CT molecular complexity index is 414. The van der Waals surface area contributed by atoms with Crippen LogP contribution in [0, 0.1) is 0 Å². The van der Waals surface area contributed by atoms with E-state index >= 15 is 0 Å². The topological polar surface area (TPSA) is 31.4 Å². The summed E-state index contributed by atoms with van der Waals surface area (Å²) in [6.45, 7) is 8.31. The van der Waals surface area contributed by atoms with Crippen LogP contribution in [0.2, 0.25) is 0 Å². The summed E-state index contributed by atoms with van der Waals surface area (Å²) in [5.41, 5.74) is 0.429. The molecule has 1 aliphatic heterocycles. The number of ether oxygens (including phenoxy) is 2. The molecule has 1 aromatic rings. The lowest BCUT2D eigenvalue weighted by atomic mass is 9.97. The minimum absolute atomic E-state index is 0.0381. The van der Waals surface area contributed by atoms with Crippen LogP contribution in [0.4, 0.5) is 0 Å². The summed E-state index contributed by atoms with van der Waals surface area (Å²) in [4.78, 5) is 4.23. The van der Waals surface area contributed by atoms with E-state index in [-0.39, 0.29) is 17.3 Å². The van der Waals surface area contributed by atoms with E-state index in [4.69, 9.17) is 21.1 Å². The average Bonchev–Trinajstić information content (AvgIpc) is 2.48. The fraction of sp³-hybridized carbons (Fsp3) is 0.643. The van der Waals surface area contributed by atoms with Gasteiger partial charge in [0.25, 0.3) is 0 Å². The minimum Gasteiger partial charge on any atom is -0.486 e. The monoisotopic (exact) mass is 269 g/mol. The van der Waals surface area contributed by atoms with Crippen LogP contribution in [0.3, 0.4) is 0 Å². The second kappa shape index (κ2) is 4.71. The number of pyridine rings is 1. The smallest absolute Gasteiger partial charge is 0.138 e. The molecule has 2 heterocycles. The van der Waals surface area contributed by atoms with Crippen molar-refractivity contribution >= 4 is 11.6 Å². The van der Waals surface area contributed by atoms with Gasteiger partial charge < -0.3 is 9.47 Å². The quantitative estimate of drug-likeness (QED) is 0.787. The third kappa shape index (κ3) is 2.96. The molecule has 0 aromatic carbocycles. The van der Waals surface area contributed by atoms with Gasteiger partial charge in [-0.3, -0.25) is 4.98 Å². The molecule has 0 saturated carbocycles. The molecule has 18 heavy (non-hydrogen) atoms. The van der Waals surface area contributed by atoms with Gasteiger partial charge in [0.05, 0.1) is 23.4 Å². The lowest BCUT2D eigenvalue weighted by molar-refractivity contribution is -0.0846. The van der Waals surface area contributed by atoms with E-state index in [1.54, 1.807) is 6.20 Å². The van der Waals surface area contributed by atoms with Gasteiger partial charge in [-0.1, -0.05) is 0 Å². The number of nitrogens with zero attached hydrogens (tertiary/aromatic N) is 1. The molecule has 0 aliphatic carbocycles. The fourth-order valence-corrected chi connectivity index (χ4v) is 2.58. The fourth-order valence-electron chi connectivity index (χ4n) is 2.42. The van der Waals surface area contributed by atoms with Crippen molar-refractivity contribution in [3.63, 3.8) is 0 Å². The third-order valence-corrected chi connectivity index (χ3v) is 3.48. The molecule has 0 bridgehead atoms. The highest BCUT2D eigenvalue weighted by atomic mass is 35.5. The van der Waals surface area contributed by atoms with E-state index in [0.29, 0.717) is 5.88 Å². The van der Waals surface area contributed by atoms with Gasteiger partial charge in [-0.25, -0.2) is 0 Å². The van der Waals surface area contributed by atoms with Crippen molar-refractivity contribution < 1.29 is 9.47 Å². The summed E-state index contributed by atoms with van der Waals surface area (Å²) in [6.07, 6.45) is 2.63. The molecule has 1 fully saturated rings. The molecule has 1 unspecified atom stereocenters. The highest BCUT2D eigenvalue weighted by molar-refractivity contribution is 6.16. The van der Waals surface area contributed by atoms with Gasteiger partial charge in [0.1, 0.15) is 17.5 Å². The van der Waals surface area contributed by atoms with Crippen LogP contribution in [-0.2, 0) is 10.6 Å². The van der Waals surface area contributed by atoms with Crippen LogP contribution in [-0.4, -0.2) is 22.3 Å². The Morgan fingerprint density at radius 1 is 1.39 bits per heavy atom. The molecular formula is C14H20ClNO2. The first-order valence-electron chi connectivity index (χ1n) is 6.20. The van der Waals surface area contributed by atoms with Crippen molar-refractivity contribution in [1.29, 1.82) is 0 Å². The molecule has 0 radical (unpaired) electrons. The van der Waals surface area contributed by atoms with E-state index in [9.17, 15) is 0 Å². The standard InChI is InChI=1S/C14H20ClNO2/c1-13(2)7-12(14(3,4)18-13)17-11-6-5-10(8-15)16-9-11/h5-6,9,12H,7-8H2,1-4H3. The van der Waals surface area contributed by atoms with E-state index in [1.807, 2.05) is 12.1 Å². The first kappa shape index (κ1) is 13.6. The molecule has 1 aliphatic rings. The Kier molecular flexibility index (Phi) is 3.56. The Morgan fingerprint density at radius 3 is 2.56 bits per heavy atom. The van der Waals surface area contributed by atoms with Crippen LogP contribution in [0.15, 0.2) is 18.3 Å². The van der Waals surface area contributed by atoms with E-state index < -0.39 is 0 Å². The van der Waals surface area contributed by atoms with Crippen LogP contribution in [0.25, 0.3) is 0 Å². The Labute approximate surface area is 113 Å². The maximum Gasteiger partial charge on any atom is 0.138 e. The summed E-state index contributed by atoms with van der Waals surface area (Å²) in [7, 11) is 0. The van der Waals surface area contributed by atoms with Crippen molar-refractivity contribution in [3.8, 4) is 5.75 Å². The molecule has 0 N–H and O–H groups in total. The lowest BCUT2D eigenvalue weighted by Crippen LogP contribution is -2.36. The summed E-state index contributed by atoms with van der Waals surface area (Å²) < 4.78 is 12.0. The van der Waals surface area contributed by atoms with Gasteiger partial charge >= 0.3 is 0 Å². The second-order valence-electron chi connectivity index (χ2n) is 5.89. The first-order chi connectivity index (χ1) is 8.32. The largest absolute Gasteiger partial charge is 0.486 e. The molecule has 1 atom stereocenters. The summed E-state index contributed by atoms with van der Waals surface area (Å²) in [6, 6.07) is 3.79. The molecule has 1 saturated heterocycles. The van der Waals surface area contributed by atoms with E-state index in [0.717, 1.165) is 17.9 Å². The van der Waals surface area contributed by atoms with Gasteiger partial charge in [0.2, 0.25) is 0 Å². The lowest BCUT2D eigenvalue weighted by Gasteiger charge is -2.27. The Morgan fingerprint density at radius 2 is 2.11 bits per heavy atom. The van der Waals surface area contributed by atoms with Gasteiger partial charge in [0, 0.05) is 6.42 Å². The first-order valence-corrected chi connectivity index (χ1v) is 6.74. The maximum atomic E-state index is 6.00. The van der Waals surface area contributed by atoms with Crippen LogP contribution < -0.4 is 4.74 Å². The highest BCUT2D eigenvalue weighted by Crippen LogP contribution is 2.39. The highest BCUT2D eigenvalue weighted by Gasteiger charge is 2.47. The number of rotatable bonds is 3. The zero-order valence-electron chi connectivity index (χ0n) is 11.4. The number of hydrogen-bond acceptors (Lipinski definition) is 3. The molecule has 3 nitrogen and oxygen atoms in total. The molecule has 2 rings (SSSR count). The number of hydrogen-bond donors (Lipinski definition) is 0. The van der Waals surface area contributed by atoms with Crippen LogP contribution in [0.1, 0.15) is 39.8 Å². The summed E-state index contributed by atoms with van der Waals surface area (Å²) in [5, 5.41) is 0. The summed E-state index contributed by atoms with van der Waals surface area (Å²) >= 11 is 5.71. The van der Waals surface area contributed by atoms with Gasteiger partial charge in [-0.2, -0.15) is 0 Å². The zero-order chi connectivity index (χ0) is 13.4. The van der Waals surface area contributed by atoms with Gasteiger partial charge in [-0.05, 0) is 39.8 Å². The predicted octanol–water partition coefficient (Wildman–Crippen LogP) is 3.55. The SMILES string of the molecule is CC1(C)CC(Oc2ccc(CCl)nc2)C(C)(C)O1. The molecule has 1 aromatic heterocycles. The van der Waals surface area contributed by atoms with Crippen molar-refractivity contribution in [1.82, 2.24) is 4.98 Å². The number of aromatic nitrogens is 1. The molecular weight excluding hydrogens is 250 g/mol. The van der Waals surface area contributed by atoms with Crippen molar-refractivity contribution in [2.75, 3.05) is 0 Å². The maximum absolute atomic E-state index is 6.00. The average molecular weight is 270 g/mol. The zero-order valence-corrected chi connectivity index (χ0v) is 12.1. The predicted molar refractivity (Wildman–Crippen MR) is 72.1 cm³/mol. The molecule has 4 heteroatoms. The normalized spacial score (nSPS) is 25.1. The molecule has 0 spiro atoms. The van der Waals surface area contributed by atoms with Gasteiger partial charge in [0.15, 0.2) is 0 Å². The van der Waals surface area contributed by atoms with Crippen molar-refractivity contribution in [2.24, 2.45) is 0 Å². The van der Waals surface area contributed by atoms with Crippen LogP contribution >= 0.6 is 11.6 Å². The Hall–Kier alpha value is -0.800. The van der Waals surface area contributed by atoms with Crippen molar-refractivity contribution in [2.45, 2.75) is 57.3 Å². The van der Waals surface area contributed by atoms with E-state index in [1.165, 1.54) is 0 Å². The minimum atomic E-state index is -0.283. The van der Waals surface area contributed by atoms with E-state index in [2.05, 4.69) is 32.7 Å². The Balaban J connectivity index is 2.09. The molecule has 0 amide bonds. The second-order valence-corrected chi connectivity index (χ2v) is 6.16.